The molecule has 110 valence electrons. The van der Waals surface area contributed by atoms with Crippen LogP contribution in [0.2, 0.25) is 0 Å². The molecule has 2 amide bonds. The lowest BCUT2D eigenvalue weighted by Crippen LogP contribution is -2.40. The minimum absolute atomic E-state index is 0.0415. The summed E-state index contributed by atoms with van der Waals surface area (Å²) >= 11 is 0. The number of nitrogens with zero attached hydrogens (tertiary/aromatic N) is 3. The number of aromatic nitrogens is 2. The Bertz CT molecular complexity index is 509. The van der Waals surface area contributed by atoms with Crippen molar-refractivity contribution in [1.82, 2.24) is 14.7 Å². The molecule has 2 heterocycles. The van der Waals surface area contributed by atoms with Gasteiger partial charge in [-0.05, 0) is 27.2 Å². The number of anilines is 1. The fraction of sp³-hybridized carbons (Fsp3) is 0.643. The zero-order valence-corrected chi connectivity index (χ0v) is 12.5. The minimum Gasteiger partial charge on any atom is -0.371 e. The van der Waals surface area contributed by atoms with E-state index in [1.54, 1.807) is 6.20 Å². The Kier molecular flexibility index (Phi) is 4.11. The Balaban J connectivity index is 2.07. The van der Waals surface area contributed by atoms with Crippen LogP contribution in [0.5, 0.6) is 0 Å². The summed E-state index contributed by atoms with van der Waals surface area (Å²) in [5.74, 6) is -0.236. The van der Waals surface area contributed by atoms with E-state index in [2.05, 4.69) is 10.4 Å². The Morgan fingerprint density at radius 2 is 2.10 bits per heavy atom. The molecule has 0 spiro atoms. The monoisotopic (exact) mass is 278 g/mol. The molecule has 1 aromatic heterocycles. The molecule has 20 heavy (non-hydrogen) atoms. The fourth-order valence-electron chi connectivity index (χ4n) is 2.31. The molecule has 1 saturated heterocycles. The van der Waals surface area contributed by atoms with Crippen molar-refractivity contribution in [3.05, 3.63) is 12.4 Å². The van der Waals surface area contributed by atoms with Gasteiger partial charge in [-0.1, -0.05) is 6.92 Å². The molecular formula is C14H22N4O2. The number of carbonyl (C=O) groups excluding carboxylic acids is 2. The van der Waals surface area contributed by atoms with Crippen molar-refractivity contribution >= 4 is 17.5 Å². The summed E-state index contributed by atoms with van der Waals surface area (Å²) in [4.78, 5) is 25.6. The van der Waals surface area contributed by atoms with Crippen LogP contribution in [0.25, 0.3) is 0 Å². The van der Waals surface area contributed by atoms with Crippen LogP contribution in [0.15, 0.2) is 12.4 Å². The number of likely N-dealkylation sites (tertiary alicyclic amines) is 1. The number of amides is 2. The molecule has 0 radical (unpaired) electrons. The quantitative estimate of drug-likeness (QED) is 0.834. The Labute approximate surface area is 119 Å². The number of rotatable bonds is 5. The third kappa shape index (κ3) is 2.69. The largest absolute Gasteiger partial charge is 0.371 e. The Morgan fingerprint density at radius 1 is 1.40 bits per heavy atom. The molecule has 1 N–H and O–H groups in total. The van der Waals surface area contributed by atoms with E-state index >= 15 is 0 Å². The van der Waals surface area contributed by atoms with E-state index in [4.69, 9.17) is 0 Å². The molecule has 2 rings (SSSR count). The van der Waals surface area contributed by atoms with Gasteiger partial charge in [-0.3, -0.25) is 19.2 Å². The second kappa shape index (κ2) is 5.64. The van der Waals surface area contributed by atoms with Crippen molar-refractivity contribution < 1.29 is 9.59 Å². The molecule has 0 bridgehead atoms. The molecule has 6 heteroatoms. The topological polar surface area (TPSA) is 67.2 Å². The molecular weight excluding hydrogens is 256 g/mol. The Morgan fingerprint density at radius 3 is 2.65 bits per heavy atom. The van der Waals surface area contributed by atoms with Gasteiger partial charge in [-0.2, -0.15) is 5.10 Å². The van der Waals surface area contributed by atoms with Crippen molar-refractivity contribution in [2.75, 3.05) is 5.32 Å². The number of imide groups is 1. The summed E-state index contributed by atoms with van der Waals surface area (Å²) in [6.07, 6.45) is 4.53. The highest BCUT2D eigenvalue weighted by atomic mass is 16.2. The van der Waals surface area contributed by atoms with Crippen LogP contribution in [0.3, 0.4) is 0 Å². The van der Waals surface area contributed by atoms with Gasteiger partial charge in [0.05, 0.1) is 18.3 Å². The highest BCUT2D eigenvalue weighted by molar-refractivity contribution is 6.07. The van der Waals surface area contributed by atoms with Crippen LogP contribution < -0.4 is 5.32 Å². The first kappa shape index (κ1) is 14.6. The molecule has 1 fully saturated rings. The first-order chi connectivity index (χ1) is 9.43. The Hall–Kier alpha value is -1.85. The summed E-state index contributed by atoms with van der Waals surface area (Å²) in [5.41, 5.74) is 0.774. The van der Waals surface area contributed by atoms with Crippen molar-refractivity contribution in [2.24, 2.45) is 0 Å². The van der Waals surface area contributed by atoms with Gasteiger partial charge in [0, 0.05) is 18.3 Å². The first-order valence-electron chi connectivity index (χ1n) is 7.10. The third-order valence-corrected chi connectivity index (χ3v) is 3.69. The number of hydrogen-bond acceptors (Lipinski definition) is 4. The first-order valence-corrected chi connectivity index (χ1v) is 7.10. The summed E-state index contributed by atoms with van der Waals surface area (Å²) in [7, 11) is 0. The molecule has 1 aliphatic rings. The maximum Gasteiger partial charge on any atom is 0.252 e. The number of carbonyl (C=O) groups is 2. The molecule has 1 aromatic rings. The van der Waals surface area contributed by atoms with Gasteiger partial charge in [0.15, 0.2) is 0 Å². The van der Waals surface area contributed by atoms with Crippen molar-refractivity contribution in [3.63, 3.8) is 0 Å². The highest BCUT2D eigenvalue weighted by Gasteiger charge is 2.40. The van der Waals surface area contributed by atoms with E-state index < -0.39 is 6.04 Å². The van der Waals surface area contributed by atoms with E-state index in [0.717, 1.165) is 12.1 Å². The molecule has 0 aromatic carbocycles. The van der Waals surface area contributed by atoms with E-state index in [0.29, 0.717) is 0 Å². The van der Waals surface area contributed by atoms with Gasteiger partial charge in [-0.25, -0.2) is 0 Å². The van der Waals surface area contributed by atoms with Gasteiger partial charge in [0.2, 0.25) is 5.91 Å². The molecule has 0 saturated carbocycles. The van der Waals surface area contributed by atoms with Gasteiger partial charge in [0.25, 0.3) is 5.91 Å². The normalized spacial score (nSPS) is 20.9. The zero-order chi connectivity index (χ0) is 14.9. The maximum absolute atomic E-state index is 12.3. The summed E-state index contributed by atoms with van der Waals surface area (Å²) < 4.78 is 1.82. The van der Waals surface area contributed by atoms with Crippen LogP contribution in [0, 0.1) is 0 Å². The average Bonchev–Trinajstić information content (AvgIpc) is 2.96. The van der Waals surface area contributed by atoms with Crippen molar-refractivity contribution in [2.45, 2.75) is 58.7 Å². The van der Waals surface area contributed by atoms with Gasteiger partial charge < -0.3 is 5.32 Å². The van der Waals surface area contributed by atoms with Crippen molar-refractivity contribution in [1.29, 1.82) is 0 Å². The SMILES string of the molecule is CCC(C)N1C(=O)CC(Nc2cnn(C(C)C)c2)C1=O. The van der Waals surface area contributed by atoms with E-state index in [-0.39, 0.29) is 30.3 Å². The summed E-state index contributed by atoms with van der Waals surface area (Å²) in [6, 6.07) is -0.246. The fourth-order valence-corrected chi connectivity index (χ4v) is 2.31. The van der Waals surface area contributed by atoms with Crippen LogP contribution in [0.1, 0.15) is 46.6 Å². The van der Waals surface area contributed by atoms with Crippen LogP contribution in [-0.2, 0) is 9.59 Å². The highest BCUT2D eigenvalue weighted by Crippen LogP contribution is 2.21. The van der Waals surface area contributed by atoms with Crippen LogP contribution in [-0.4, -0.2) is 38.6 Å². The zero-order valence-electron chi connectivity index (χ0n) is 12.5. The predicted octanol–water partition coefficient (Wildman–Crippen LogP) is 1.80. The molecule has 2 atom stereocenters. The number of hydrogen-bond donors (Lipinski definition) is 1. The third-order valence-electron chi connectivity index (χ3n) is 3.69. The second-order valence-electron chi connectivity index (χ2n) is 5.56. The van der Waals surface area contributed by atoms with Crippen LogP contribution >= 0.6 is 0 Å². The lowest BCUT2D eigenvalue weighted by molar-refractivity contribution is -0.140. The minimum atomic E-state index is -0.471. The smallest absolute Gasteiger partial charge is 0.252 e. The van der Waals surface area contributed by atoms with E-state index in [1.807, 2.05) is 38.6 Å². The maximum atomic E-state index is 12.3. The summed E-state index contributed by atoms with van der Waals surface area (Å²) in [6.45, 7) is 7.94. The molecule has 2 unspecified atom stereocenters. The average molecular weight is 278 g/mol. The lowest BCUT2D eigenvalue weighted by atomic mass is 10.2. The number of nitrogens with one attached hydrogen (secondary N) is 1. The lowest BCUT2D eigenvalue weighted by Gasteiger charge is -2.21. The second-order valence-corrected chi connectivity index (χ2v) is 5.56. The van der Waals surface area contributed by atoms with Gasteiger partial charge in [-0.15, -0.1) is 0 Å². The summed E-state index contributed by atoms with van der Waals surface area (Å²) in [5, 5.41) is 7.33. The molecule has 1 aliphatic heterocycles. The molecule has 6 nitrogen and oxygen atoms in total. The van der Waals surface area contributed by atoms with Crippen molar-refractivity contribution in [3.8, 4) is 0 Å². The predicted molar refractivity (Wildman–Crippen MR) is 76.2 cm³/mol. The van der Waals surface area contributed by atoms with Gasteiger partial charge >= 0.3 is 0 Å². The molecule has 0 aliphatic carbocycles. The van der Waals surface area contributed by atoms with E-state index in [9.17, 15) is 9.59 Å². The van der Waals surface area contributed by atoms with E-state index in [1.165, 1.54) is 4.90 Å². The standard InChI is InChI=1S/C14H22N4O2/c1-5-10(4)18-13(19)6-12(14(18)20)16-11-7-15-17(8-11)9(2)3/h7-10,12,16H,5-6H2,1-4H3. The van der Waals surface area contributed by atoms with Crippen LogP contribution in [0.4, 0.5) is 5.69 Å². The van der Waals surface area contributed by atoms with Gasteiger partial charge in [0.1, 0.15) is 6.04 Å².